The fourth-order valence-electron chi connectivity index (χ4n) is 2.70. The van der Waals surface area contributed by atoms with Gasteiger partial charge in [0.25, 0.3) is 0 Å². The molecular formula is C18H20N2O. The lowest BCUT2D eigenvalue weighted by atomic mass is 10.1. The lowest BCUT2D eigenvalue weighted by Gasteiger charge is -2.17. The summed E-state index contributed by atoms with van der Waals surface area (Å²) in [6, 6.07) is 18.6. The fraction of sp³-hybridized carbons (Fsp3) is 0.278. The Kier molecular flexibility index (Phi) is 4.20. The van der Waals surface area contributed by atoms with Crippen LogP contribution in [-0.4, -0.2) is 19.0 Å². The molecule has 0 unspecified atom stereocenters. The fourth-order valence-corrected chi connectivity index (χ4v) is 2.70. The van der Waals surface area contributed by atoms with E-state index in [-0.39, 0.29) is 5.91 Å². The Bertz CT molecular complexity index is 610. The van der Waals surface area contributed by atoms with Gasteiger partial charge in [0.15, 0.2) is 0 Å². The number of rotatable bonds is 5. The SMILES string of the molecule is O=C1CCCN1c1cccc(NCCc2ccccc2)c1. The molecule has 0 aromatic heterocycles. The van der Waals surface area contributed by atoms with Gasteiger partial charge in [-0.1, -0.05) is 36.4 Å². The van der Waals surface area contributed by atoms with E-state index in [4.69, 9.17) is 0 Å². The number of nitrogens with zero attached hydrogens (tertiary/aromatic N) is 1. The van der Waals surface area contributed by atoms with Crippen molar-refractivity contribution in [1.82, 2.24) is 0 Å². The van der Waals surface area contributed by atoms with Gasteiger partial charge in [-0.2, -0.15) is 0 Å². The third-order valence-corrected chi connectivity index (χ3v) is 3.82. The molecule has 0 radical (unpaired) electrons. The molecular weight excluding hydrogens is 260 g/mol. The van der Waals surface area contributed by atoms with E-state index in [0.29, 0.717) is 6.42 Å². The molecule has 1 aliphatic rings. The van der Waals surface area contributed by atoms with E-state index in [2.05, 4.69) is 41.7 Å². The summed E-state index contributed by atoms with van der Waals surface area (Å²) in [7, 11) is 0. The second-order valence-electron chi connectivity index (χ2n) is 5.36. The Balaban J connectivity index is 1.60. The maximum absolute atomic E-state index is 11.8. The number of amides is 1. The molecule has 2 aromatic carbocycles. The summed E-state index contributed by atoms with van der Waals surface area (Å²) in [5.41, 5.74) is 3.40. The molecule has 1 saturated heterocycles. The van der Waals surface area contributed by atoms with Crippen molar-refractivity contribution in [3.63, 3.8) is 0 Å². The molecule has 3 rings (SSSR count). The second-order valence-corrected chi connectivity index (χ2v) is 5.36. The summed E-state index contributed by atoms with van der Waals surface area (Å²) in [4.78, 5) is 13.7. The van der Waals surface area contributed by atoms with Crippen LogP contribution >= 0.6 is 0 Å². The molecule has 1 amide bonds. The van der Waals surface area contributed by atoms with Crippen LogP contribution in [0.3, 0.4) is 0 Å². The third-order valence-electron chi connectivity index (χ3n) is 3.82. The van der Waals surface area contributed by atoms with E-state index in [9.17, 15) is 4.79 Å². The standard InChI is InChI=1S/C18H20N2O/c21-18-10-5-13-20(18)17-9-4-8-16(14-17)19-12-11-15-6-2-1-3-7-15/h1-4,6-9,14,19H,5,10-13H2. The van der Waals surface area contributed by atoms with Gasteiger partial charge in [-0.05, 0) is 36.6 Å². The van der Waals surface area contributed by atoms with Gasteiger partial charge < -0.3 is 10.2 Å². The van der Waals surface area contributed by atoms with E-state index < -0.39 is 0 Å². The monoisotopic (exact) mass is 280 g/mol. The van der Waals surface area contributed by atoms with Gasteiger partial charge >= 0.3 is 0 Å². The number of hydrogen-bond acceptors (Lipinski definition) is 2. The molecule has 3 nitrogen and oxygen atoms in total. The smallest absolute Gasteiger partial charge is 0.227 e. The molecule has 1 N–H and O–H groups in total. The molecule has 0 atom stereocenters. The zero-order valence-electron chi connectivity index (χ0n) is 12.1. The maximum Gasteiger partial charge on any atom is 0.227 e. The lowest BCUT2D eigenvalue weighted by Crippen LogP contribution is -2.23. The summed E-state index contributed by atoms with van der Waals surface area (Å²) in [6.45, 7) is 1.73. The highest BCUT2D eigenvalue weighted by atomic mass is 16.2. The average Bonchev–Trinajstić information content (AvgIpc) is 2.95. The Labute approximate surface area is 125 Å². The van der Waals surface area contributed by atoms with Crippen LogP contribution in [-0.2, 0) is 11.2 Å². The molecule has 3 heteroatoms. The highest BCUT2D eigenvalue weighted by molar-refractivity contribution is 5.95. The van der Waals surface area contributed by atoms with Crippen molar-refractivity contribution in [1.29, 1.82) is 0 Å². The van der Waals surface area contributed by atoms with Gasteiger partial charge in [-0.15, -0.1) is 0 Å². The van der Waals surface area contributed by atoms with Crippen molar-refractivity contribution in [2.75, 3.05) is 23.3 Å². The summed E-state index contributed by atoms with van der Waals surface area (Å²) < 4.78 is 0. The van der Waals surface area contributed by atoms with Crippen LogP contribution in [0.25, 0.3) is 0 Å². The molecule has 21 heavy (non-hydrogen) atoms. The first-order valence-corrected chi connectivity index (χ1v) is 7.51. The number of benzene rings is 2. The molecule has 0 bridgehead atoms. The van der Waals surface area contributed by atoms with Crippen molar-refractivity contribution in [3.05, 3.63) is 60.2 Å². The van der Waals surface area contributed by atoms with Crippen LogP contribution in [0, 0.1) is 0 Å². The van der Waals surface area contributed by atoms with Gasteiger partial charge in [-0.3, -0.25) is 4.79 Å². The van der Waals surface area contributed by atoms with Crippen molar-refractivity contribution in [3.8, 4) is 0 Å². The van der Waals surface area contributed by atoms with Crippen LogP contribution in [0.15, 0.2) is 54.6 Å². The van der Waals surface area contributed by atoms with Gasteiger partial charge in [0, 0.05) is 30.9 Å². The highest BCUT2D eigenvalue weighted by Crippen LogP contribution is 2.24. The van der Waals surface area contributed by atoms with Gasteiger partial charge in [0.2, 0.25) is 5.91 Å². The van der Waals surface area contributed by atoms with E-state index in [1.54, 1.807) is 0 Å². The molecule has 1 aliphatic heterocycles. The first kappa shape index (κ1) is 13.7. The zero-order chi connectivity index (χ0) is 14.5. The zero-order valence-corrected chi connectivity index (χ0v) is 12.1. The van der Waals surface area contributed by atoms with Gasteiger partial charge in [-0.25, -0.2) is 0 Å². The number of nitrogens with one attached hydrogen (secondary N) is 1. The third kappa shape index (κ3) is 3.43. The summed E-state index contributed by atoms with van der Waals surface area (Å²) in [6.07, 6.45) is 2.63. The minimum Gasteiger partial charge on any atom is -0.385 e. The number of hydrogen-bond donors (Lipinski definition) is 1. The predicted octanol–water partition coefficient (Wildman–Crippen LogP) is 3.47. The first-order valence-electron chi connectivity index (χ1n) is 7.51. The normalized spacial score (nSPS) is 14.5. The van der Waals surface area contributed by atoms with Crippen molar-refractivity contribution < 1.29 is 4.79 Å². The highest BCUT2D eigenvalue weighted by Gasteiger charge is 2.21. The molecule has 0 saturated carbocycles. The quantitative estimate of drug-likeness (QED) is 0.909. The first-order chi connectivity index (χ1) is 10.3. The maximum atomic E-state index is 11.8. The van der Waals surface area contributed by atoms with Crippen LogP contribution < -0.4 is 10.2 Å². The molecule has 2 aromatic rings. The van der Waals surface area contributed by atoms with Crippen molar-refractivity contribution >= 4 is 17.3 Å². The summed E-state index contributed by atoms with van der Waals surface area (Å²) >= 11 is 0. The number of anilines is 2. The molecule has 0 spiro atoms. The van der Waals surface area contributed by atoms with Gasteiger partial charge in [0.05, 0.1) is 0 Å². The minimum absolute atomic E-state index is 0.233. The molecule has 1 heterocycles. The summed E-state index contributed by atoms with van der Waals surface area (Å²) in [5, 5.41) is 3.43. The van der Waals surface area contributed by atoms with Crippen LogP contribution in [0.1, 0.15) is 18.4 Å². The van der Waals surface area contributed by atoms with Gasteiger partial charge in [0.1, 0.15) is 0 Å². The Morgan fingerprint density at radius 2 is 1.90 bits per heavy atom. The average molecular weight is 280 g/mol. The van der Waals surface area contributed by atoms with E-state index >= 15 is 0 Å². The summed E-state index contributed by atoms with van der Waals surface area (Å²) in [5.74, 6) is 0.233. The molecule has 108 valence electrons. The van der Waals surface area contributed by atoms with E-state index in [0.717, 1.165) is 37.3 Å². The van der Waals surface area contributed by atoms with Crippen molar-refractivity contribution in [2.45, 2.75) is 19.3 Å². The van der Waals surface area contributed by atoms with Crippen LogP contribution in [0.5, 0.6) is 0 Å². The second kappa shape index (κ2) is 6.44. The number of carbonyl (C=O) groups excluding carboxylic acids is 1. The van der Waals surface area contributed by atoms with Crippen molar-refractivity contribution in [2.24, 2.45) is 0 Å². The molecule has 0 aliphatic carbocycles. The Morgan fingerprint density at radius 1 is 1.05 bits per heavy atom. The van der Waals surface area contributed by atoms with Crippen LogP contribution in [0.4, 0.5) is 11.4 Å². The predicted molar refractivity (Wildman–Crippen MR) is 86.7 cm³/mol. The Morgan fingerprint density at radius 3 is 2.67 bits per heavy atom. The number of carbonyl (C=O) groups is 1. The van der Waals surface area contributed by atoms with Crippen LogP contribution in [0.2, 0.25) is 0 Å². The largest absolute Gasteiger partial charge is 0.385 e. The topological polar surface area (TPSA) is 32.3 Å². The molecule has 1 fully saturated rings. The minimum atomic E-state index is 0.233. The van der Waals surface area contributed by atoms with E-state index in [1.807, 2.05) is 23.1 Å². The van der Waals surface area contributed by atoms with E-state index in [1.165, 1.54) is 5.56 Å². The lowest BCUT2D eigenvalue weighted by molar-refractivity contribution is -0.117. The Hall–Kier alpha value is -2.29.